The Morgan fingerprint density at radius 2 is 1.97 bits per heavy atom. The SMILES string of the molecule is C=CCN(C(=O)C1N([C@@H](CO)Cc2ccccc2)C(=O)[C@@H]2[C@H](C(=O)O)[C@@H]3CC(C)C12S3)c1c(C)cccc1Cl. The summed E-state index contributed by atoms with van der Waals surface area (Å²) in [5.41, 5.74) is 2.25. The van der Waals surface area contributed by atoms with Gasteiger partial charge in [-0.15, -0.1) is 18.3 Å². The van der Waals surface area contributed by atoms with Crippen LogP contribution in [0.15, 0.2) is 61.2 Å². The summed E-state index contributed by atoms with van der Waals surface area (Å²) in [6, 6.07) is 13.2. The molecule has 3 heterocycles. The molecule has 1 spiro atoms. The number of thioether (sulfide) groups is 1. The van der Waals surface area contributed by atoms with Gasteiger partial charge in [0.1, 0.15) is 6.04 Å². The van der Waals surface area contributed by atoms with Gasteiger partial charge >= 0.3 is 5.97 Å². The highest BCUT2D eigenvalue weighted by Crippen LogP contribution is 2.69. The van der Waals surface area contributed by atoms with Crippen LogP contribution in [0.1, 0.15) is 24.5 Å². The van der Waals surface area contributed by atoms with Gasteiger partial charge in [0, 0.05) is 11.8 Å². The van der Waals surface area contributed by atoms with E-state index in [4.69, 9.17) is 11.6 Å². The molecule has 2 N–H and O–H groups in total. The Labute approximate surface area is 237 Å². The summed E-state index contributed by atoms with van der Waals surface area (Å²) >= 11 is 8.10. The summed E-state index contributed by atoms with van der Waals surface area (Å²) in [6.07, 6.45) is 2.56. The first-order valence-electron chi connectivity index (χ1n) is 13.2. The Morgan fingerprint density at radius 3 is 2.59 bits per heavy atom. The van der Waals surface area contributed by atoms with Crippen molar-refractivity contribution in [3.63, 3.8) is 0 Å². The van der Waals surface area contributed by atoms with Crippen molar-refractivity contribution in [1.82, 2.24) is 4.90 Å². The van der Waals surface area contributed by atoms with Gasteiger partial charge in [-0.1, -0.05) is 67.1 Å². The topological polar surface area (TPSA) is 98.2 Å². The molecule has 0 saturated carbocycles. The predicted octanol–water partition coefficient (Wildman–Crippen LogP) is 4.19. The number of hydrogen-bond donors (Lipinski definition) is 2. The minimum Gasteiger partial charge on any atom is -0.481 e. The van der Waals surface area contributed by atoms with E-state index >= 15 is 0 Å². The third-order valence-corrected chi connectivity index (χ3v) is 11.0. The van der Waals surface area contributed by atoms with Crippen LogP contribution in [0, 0.1) is 24.7 Å². The maximum atomic E-state index is 14.8. The van der Waals surface area contributed by atoms with Gasteiger partial charge in [0.15, 0.2) is 0 Å². The average Bonchev–Trinajstić information content (AvgIpc) is 3.50. The molecule has 3 fully saturated rings. The minimum atomic E-state index is -1.01. The number of nitrogens with zero attached hydrogens (tertiary/aromatic N) is 2. The monoisotopic (exact) mass is 568 g/mol. The molecule has 0 aromatic heterocycles. The van der Waals surface area contributed by atoms with Gasteiger partial charge in [-0.3, -0.25) is 14.4 Å². The molecule has 0 radical (unpaired) electrons. The van der Waals surface area contributed by atoms with Crippen molar-refractivity contribution >= 4 is 46.8 Å². The molecule has 0 aliphatic carbocycles. The summed E-state index contributed by atoms with van der Waals surface area (Å²) in [4.78, 5) is 44.7. The molecule has 2 aromatic rings. The summed E-state index contributed by atoms with van der Waals surface area (Å²) in [6.45, 7) is 7.54. The Hall–Kier alpha value is -2.81. The number of aliphatic hydroxyl groups excluding tert-OH is 1. The van der Waals surface area contributed by atoms with Crippen LogP contribution < -0.4 is 4.90 Å². The van der Waals surface area contributed by atoms with E-state index in [0.29, 0.717) is 23.6 Å². The summed E-state index contributed by atoms with van der Waals surface area (Å²) in [5, 5.41) is 21.0. The van der Waals surface area contributed by atoms with Crippen molar-refractivity contribution in [2.75, 3.05) is 18.1 Å². The second-order valence-electron chi connectivity index (χ2n) is 10.8. The number of halogens is 1. The lowest BCUT2D eigenvalue weighted by Crippen LogP contribution is -2.59. The van der Waals surface area contributed by atoms with Crippen LogP contribution in [-0.4, -0.2) is 68.1 Å². The molecule has 39 heavy (non-hydrogen) atoms. The summed E-state index contributed by atoms with van der Waals surface area (Å²) < 4.78 is -0.930. The number of benzene rings is 2. The molecular formula is C30H33ClN2O5S. The molecule has 9 heteroatoms. The highest BCUT2D eigenvalue weighted by atomic mass is 35.5. The van der Waals surface area contributed by atoms with E-state index in [9.17, 15) is 24.6 Å². The molecular weight excluding hydrogens is 536 g/mol. The Balaban J connectivity index is 1.67. The van der Waals surface area contributed by atoms with Gasteiger partial charge in [0.05, 0.1) is 39.9 Å². The molecule has 3 unspecified atom stereocenters. The first-order chi connectivity index (χ1) is 18.7. The molecule has 206 valence electrons. The molecule has 2 aromatic carbocycles. The average molecular weight is 569 g/mol. The predicted molar refractivity (Wildman–Crippen MR) is 153 cm³/mol. The van der Waals surface area contributed by atoms with Crippen LogP contribution in [0.5, 0.6) is 0 Å². The van der Waals surface area contributed by atoms with Gasteiger partial charge in [-0.2, -0.15) is 0 Å². The molecule has 7 nitrogen and oxygen atoms in total. The maximum absolute atomic E-state index is 14.8. The van der Waals surface area contributed by atoms with Gasteiger partial charge in [0.25, 0.3) is 5.91 Å². The van der Waals surface area contributed by atoms with Gasteiger partial charge < -0.3 is 20.0 Å². The smallest absolute Gasteiger partial charge is 0.308 e. The summed E-state index contributed by atoms with van der Waals surface area (Å²) in [5.74, 6) is -3.53. The van der Waals surface area contributed by atoms with Crippen LogP contribution >= 0.6 is 23.4 Å². The zero-order valence-corrected chi connectivity index (χ0v) is 23.6. The third kappa shape index (κ3) is 4.28. The van der Waals surface area contributed by atoms with E-state index in [1.54, 1.807) is 17.0 Å². The molecule has 2 bridgehead atoms. The van der Waals surface area contributed by atoms with Crippen LogP contribution in [-0.2, 0) is 20.8 Å². The number of aryl methyl sites for hydroxylation is 1. The van der Waals surface area contributed by atoms with Crippen molar-refractivity contribution in [3.05, 3.63) is 77.3 Å². The van der Waals surface area contributed by atoms with E-state index in [-0.39, 0.29) is 36.1 Å². The lowest BCUT2D eigenvalue weighted by atomic mass is 9.66. The fourth-order valence-corrected chi connectivity index (χ4v) is 9.80. The van der Waals surface area contributed by atoms with Crippen molar-refractivity contribution in [1.29, 1.82) is 0 Å². The molecule has 3 aliphatic heterocycles. The number of carbonyl (C=O) groups excluding carboxylic acids is 2. The third-order valence-electron chi connectivity index (χ3n) is 8.66. The lowest BCUT2D eigenvalue weighted by Gasteiger charge is -2.42. The molecule has 2 amide bonds. The Morgan fingerprint density at radius 1 is 1.26 bits per heavy atom. The minimum absolute atomic E-state index is 0.0787. The number of aliphatic carboxylic acids is 1. The number of hydrogen-bond acceptors (Lipinski definition) is 5. The van der Waals surface area contributed by atoms with Gasteiger partial charge in [-0.25, -0.2) is 0 Å². The van der Waals surface area contributed by atoms with Crippen molar-refractivity contribution in [3.8, 4) is 0 Å². The number of fused-ring (bicyclic) bond motifs is 1. The van der Waals surface area contributed by atoms with Crippen molar-refractivity contribution < 1.29 is 24.6 Å². The number of carbonyl (C=O) groups is 3. The zero-order chi connectivity index (χ0) is 28.1. The summed E-state index contributed by atoms with van der Waals surface area (Å²) in [7, 11) is 0. The first kappa shape index (κ1) is 27.7. The van der Waals surface area contributed by atoms with E-state index in [0.717, 1.165) is 11.1 Å². The fraction of sp³-hybridized carbons (Fsp3) is 0.433. The second-order valence-corrected chi connectivity index (χ2v) is 12.8. The number of aliphatic hydroxyl groups is 1. The molecule has 3 aliphatic rings. The molecule has 7 atom stereocenters. The molecule has 3 saturated heterocycles. The van der Waals surface area contributed by atoms with Crippen molar-refractivity contribution in [2.24, 2.45) is 17.8 Å². The number of anilines is 1. The van der Waals surface area contributed by atoms with Gasteiger partial charge in [0.2, 0.25) is 5.91 Å². The highest BCUT2D eigenvalue weighted by molar-refractivity contribution is 8.02. The largest absolute Gasteiger partial charge is 0.481 e. The lowest BCUT2D eigenvalue weighted by molar-refractivity contribution is -0.149. The Bertz CT molecular complexity index is 1290. The normalized spacial score (nSPS) is 29.8. The van der Waals surface area contributed by atoms with Crippen LogP contribution in [0.4, 0.5) is 5.69 Å². The van der Waals surface area contributed by atoms with Crippen LogP contribution in [0.25, 0.3) is 0 Å². The molecule has 5 rings (SSSR count). The number of para-hydroxylation sites is 1. The number of carboxylic acid groups (broad SMARTS) is 1. The highest BCUT2D eigenvalue weighted by Gasteiger charge is 2.77. The van der Waals surface area contributed by atoms with Crippen molar-refractivity contribution in [2.45, 2.75) is 48.8 Å². The number of carboxylic acids is 1. The van der Waals surface area contributed by atoms with Crippen LogP contribution in [0.3, 0.4) is 0 Å². The van der Waals surface area contributed by atoms with E-state index in [1.165, 1.54) is 16.7 Å². The van der Waals surface area contributed by atoms with E-state index < -0.39 is 34.6 Å². The number of likely N-dealkylation sites (tertiary alicyclic amines) is 1. The second kappa shape index (κ2) is 10.6. The maximum Gasteiger partial charge on any atom is 0.308 e. The zero-order valence-electron chi connectivity index (χ0n) is 22.0. The standard InChI is InChI=1S/C30H33ClN2O5S/c1-4-13-32(25-17(2)9-8-12-21(25)31)28(36)26-30-18(3)14-22(39-30)23(29(37)38)24(30)27(35)33(26)20(16-34)15-19-10-6-5-7-11-19/h4-12,18,20,22-24,26,34H,1,13-16H2,2-3H3,(H,37,38)/t18?,20-,22+,23-,24+,26?,30?/m1/s1. The van der Waals surface area contributed by atoms with Gasteiger partial charge in [-0.05, 0) is 42.9 Å². The first-order valence-corrected chi connectivity index (χ1v) is 14.5. The van der Waals surface area contributed by atoms with E-state index in [1.807, 2.05) is 56.3 Å². The fourth-order valence-electron chi connectivity index (χ4n) is 7.08. The number of amides is 2. The van der Waals surface area contributed by atoms with E-state index in [2.05, 4.69) is 6.58 Å². The quantitative estimate of drug-likeness (QED) is 0.440. The van der Waals surface area contributed by atoms with Crippen LogP contribution in [0.2, 0.25) is 5.02 Å². The number of rotatable bonds is 9. The Kier molecular flexibility index (Phi) is 7.57.